The first-order chi connectivity index (χ1) is 11.8. The fourth-order valence-corrected chi connectivity index (χ4v) is 3.10. The molecule has 0 saturated carbocycles. The number of aromatic amines is 1. The highest BCUT2D eigenvalue weighted by atomic mass is 16.2. The van der Waals surface area contributed by atoms with Crippen LogP contribution in [0.5, 0.6) is 0 Å². The van der Waals surface area contributed by atoms with Gasteiger partial charge < -0.3 is 9.88 Å². The van der Waals surface area contributed by atoms with E-state index >= 15 is 0 Å². The van der Waals surface area contributed by atoms with Gasteiger partial charge in [-0.2, -0.15) is 0 Å². The highest BCUT2D eigenvalue weighted by Crippen LogP contribution is 2.35. The van der Waals surface area contributed by atoms with Crippen molar-refractivity contribution in [3.63, 3.8) is 0 Å². The maximum atomic E-state index is 12.8. The molecule has 1 atom stereocenters. The molecule has 1 N–H and O–H groups in total. The lowest BCUT2D eigenvalue weighted by Crippen LogP contribution is -2.32. The lowest BCUT2D eigenvalue weighted by molar-refractivity contribution is 0.0727. The Morgan fingerprint density at radius 2 is 2.00 bits per heavy atom. The molecule has 0 aromatic carbocycles. The first-order valence-corrected chi connectivity index (χ1v) is 7.87. The van der Waals surface area contributed by atoms with Crippen LogP contribution in [0.3, 0.4) is 0 Å². The van der Waals surface area contributed by atoms with Gasteiger partial charge in [-0.25, -0.2) is 9.97 Å². The molecule has 4 heterocycles. The Morgan fingerprint density at radius 3 is 2.79 bits per heavy atom. The van der Waals surface area contributed by atoms with Gasteiger partial charge in [0.05, 0.1) is 11.7 Å². The summed E-state index contributed by atoms with van der Waals surface area (Å²) in [5.74, 6) is 0.587. The molecule has 0 spiro atoms. The monoisotopic (exact) mass is 320 g/mol. The van der Waals surface area contributed by atoms with E-state index in [0.29, 0.717) is 23.8 Å². The van der Waals surface area contributed by atoms with Crippen LogP contribution in [0, 0.1) is 0 Å². The number of imidazole rings is 1. The third kappa shape index (κ3) is 2.54. The summed E-state index contributed by atoms with van der Waals surface area (Å²) >= 11 is 0. The van der Waals surface area contributed by atoms with Gasteiger partial charge in [-0.3, -0.25) is 14.8 Å². The van der Waals surface area contributed by atoms with E-state index < -0.39 is 0 Å². The van der Waals surface area contributed by atoms with Crippen molar-refractivity contribution in [2.24, 2.45) is 0 Å². The van der Waals surface area contributed by atoms with E-state index in [2.05, 4.69) is 24.9 Å². The lowest BCUT2D eigenvalue weighted by Gasteiger charge is -2.24. The summed E-state index contributed by atoms with van der Waals surface area (Å²) in [5.41, 5.74) is 1.91. The highest BCUT2D eigenvalue weighted by molar-refractivity contribution is 5.92. The van der Waals surface area contributed by atoms with E-state index in [0.717, 1.165) is 18.5 Å². The second-order valence-corrected chi connectivity index (χ2v) is 5.60. The summed E-state index contributed by atoms with van der Waals surface area (Å²) in [6.45, 7) is 0.689. The van der Waals surface area contributed by atoms with E-state index in [1.54, 1.807) is 43.1 Å². The van der Waals surface area contributed by atoms with E-state index in [4.69, 9.17) is 0 Å². The number of H-pyrrole nitrogens is 1. The summed E-state index contributed by atoms with van der Waals surface area (Å²) < 4.78 is 0. The van der Waals surface area contributed by atoms with Gasteiger partial charge in [0.15, 0.2) is 5.82 Å². The third-order valence-electron chi connectivity index (χ3n) is 4.16. The fourth-order valence-electron chi connectivity index (χ4n) is 3.10. The number of carbonyl (C=O) groups is 1. The SMILES string of the molecule is O=C(c1ccccn1)N1CCCC1c1nccnc1-c1ncc[nH]1. The number of likely N-dealkylation sites (tertiary alicyclic amines) is 1. The molecule has 1 aliphatic rings. The van der Waals surface area contributed by atoms with E-state index in [1.807, 2.05) is 11.0 Å². The Morgan fingerprint density at radius 1 is 1.08 bits per heavy atom. The molecule has 1 fully saturated rings. The molecule has 1 saturated heterocycles. The molecular formula is C17H16N6O. The Hall–Kier alpha value is -3.09. The lowest BCUT2D eigenvalue weighted by atomic mass is 10.1. The van der Waals surface area contributed by atoms with Crippen molar-refractivity contribution in [2.45, 2.75) is 18.9 Å². The van der Waals surface area contributed by atoms with E-state index in [1.165, 1.54) is 0 Å². The molecule has 0 aliphatic carbocycles. The molecule has 4 rings (SSSR count). The van der Waals surface area contributed by atoms with Crippen LogP contribution in [0.15, 0.2) is 49.2 Å². The van der Waals surface area contributed by atoms with Crippen molar-refractivity contribution in [3.8, 4) is 11.5 Å². The van der Waals surface area contributed by atoms with Gasteiger partial charge in [-0.05, 0) is 25.0 Å². The zero-order chi connectivity index (χ0) is 16.4. The van der Waals surface area contributed by atoms with Crippen LogP contribution in [0.25, 0.3) is 11.5 Å². The summed E-state index contributed by atoms with van der Waals surface area (Å²) in [7, 11) is 0. The fraction of sp³-hybridized carbons (Fsp3) is 0.235. The molecule has 24 heavy (non-hydrogen) atoms. The third-order valence-corrected chi connectivity index (χ3v) is 4.16. The maximum Gasteiger partial charge on any atom is 0.273 e. The molecular weight excluding hydrogens is 304 g/mol. The predicted octanol–water partition coefficient (Wildman–Crippen LogP) is 2.24. The molecule has 1 amide bonds. The highest BCUT2D eigenvalue weighted by Gasteiger charge is 2.34. The van der Waals surface area contributed by atoms with Crippen LogP contribution in [-0.2, 0) is 0 Å². The van der Waals surface area contributed by atoms with Crippen LogP contribution in [-0.4, -0.2) is 42.3 Å². The maximum absolute atomic E-state index is 12.8. The summed E-state index contributed by atoms with van der Waals surface area (Å²) in [6.07, 6.45) is 10.1. The van der Waals surface area contributed by atoms with Crippen molar-refractivity contribution >= 4 is 5.91 Å². The Bertz CT molecular complexity index is 833. The zero-order valence-corrected chi connectivity index (χ0v) is 13.0. The van der Waals surface area contributed by atoms with Crippen LogP contribution < -0.4 is 0 Å². The molecule has 7 heteroatoms. The average Bonchev–Trinajstić information content (AvgIpc) is 3.33. The van der Waals surface area contributed by atoms with Gasteiger partial charge in [0.2, 0.25) is 0 Å². The average molecular weight is 320 g/mol. The number of aromatic nitrogens is 5. The predicted molar refractivity (Wildman–Crippen MR) is 86.9 cm³/mol. The topological polar surface area (TPSA) is 87.7 Å². The standard InChI is InChI=1S/C17H16N6O/c24-17(12-4-1-2-6-18-12)23-11-3-5-13(23)14-15(20-8-7-19-14)16-21-9-10-22-16/h1-2,4,6-10,13H,3,5,11H2,(H,21,22). The van der Waals surface area contributed by atoms with Gasteiger partial charge >= 0.3 is 0 Å². The Balaban J connectivity index is 1.70. The van der Waals surface area contributed by atoms with Gasteiger partial charge in [-0.1, -0.05) is 6.07 Å². The largest absolute Gasteiger partial charge is 0.343 e. The van der Waals surface area contributed by atoms with Crippen molar-refractivity contribution in [1.82, 2.24) is 29.8 Å². The normalized spacial score (nSPS) is 17.2. The first kappa shape index (κ1) is 14.5. The van der Waals surface area contributed by atoms with Crippen LogP contribution >= 0.6 is 0 Å². The van der Waals surface area contributed by atoms with Crippen LogP contribution in [0.1, 0.15) is 35.1 Å². The van der Waals surface area contributed by atoms with Crippen molar-refractivity contribution < 1.29 is 4.79 Å². The summed E-state index contributed by atoms with van der Waals surface area (Å²) in [4.78, 5) is 35.1. The number of amides is 1. The molecule has 1 unspecified atom stereocenters. The van der Waals surface area contributed by atoms with E-state index in [-0.39, 0.29) is 11.9 Å². The van der Waals surface area contributed by atoms with Crippen molar-refractivity contribution in [3.05, 3.63) is 60.6 Å². The molecule has 3 aromatic heterocycles. The first-order valence-electron chi connectivity index (χ1n) is 7.87. The summed E-state index contributed by atoms with van der Waals surface area (Å²) in [6, 6.07) is 5.24. The van der Waals surface area contributed by atoms with Gasteiger partial charge in [0, 0.05) is 37.5 Å². The Labute approximate surface area is 138 Å². The molecule has 0 radical (unpaired) electrons. The van der Waals surface area contributed by atoms with Crippen LogP contribution in [0.4, 0.5) is 0 Å². The number of carbonyl (C=O) groups excluding carboxylic acids is 1. The molecule has 0 bridgehead atoms. The number of nitrogens with zero attached hydrogens (tertiary/aromatic N) is 5. The van der Waals surface area contributed by atoms with E-state index in [9.17, 15) is 4.79 Å². The zero-order valence-electron chi connectivity index (χ0n) is 13.0. The summed E-state index contributed by atoms with van der Waals surface area (Å²) in [5, 5.41) is 0. The van der Waals surface area contributed by atoms with Crippen molar-refractivity contribution in [1.29, 1.82) is 0 Å². The smallest absolute Gasteiger partial charge is 0.273 e. The number of rotatable bonds is 3. The molecule has 3 aromatic rings. The van der Waals surface area contributed by atoms with Gasteiger partial charge in [0.1, 0.15) is 11.4 Å². The molecule has 7 nitrogen and oxygen atoms in total. The minimum absolute atomic E-state index is 0.0749. The quantitative estimate of drug-likeness (QED) is 0.799. The molecule has 120 valence electrons. The molecule has 1 aliphatic heterocycles. The number of hydrogen-bond donors (Lipinski definition) is 1. The van der Waals surface area contributed by atoms with Gasteiger partial charge in [-0.15, -0.1) is 0 Å². The second-order valence-electron chi connectivity index (χ2n) is 5.60. The van der Waals surface area contributed by atoms with Crippen LogP contribution in [0.2, 0.25) is 0 Å². The van der Waals surface area contributed by atoms with Gasteiger partial charge in [0.25, 0.3) is 5.91 Å². The number of nitrogens with one attached hydrogen (secondary N) is 1. The number of pyridine rings is 1. The number of hydrogen-bond acceptors (Lipinski definition) is 5. The minimum atomic E-state index is -0.117. The van der Waals surface area contributed by atoms with Crippen molar-refractivity contribution in [2.75, 3.05) is 6.54 Å². The Kier molecular flexibility index (Phi) is 3.74. The minimum Gasteiger partial charge on any atom is -0.343 e. The second kappa shape index (κ2) is 6.19.